The van der Waals surface area contributed by atoms with Crippen LogP contribution in [-0.4, -0.2) is 46.8 Å². The molecule has 4 aromatic rings. The van der Waals surface area contributed by atoms with Gasteiger partial charge in [-0.3, -0.25) is 9.20 Å². The molecule has 0 aromatic carbocycles. The first-order chi connectivity index (χ1) is 13.5. The zero-order valence-corrected chi connectivity index (χ0v) is 15.6. The van der Waals surface area contributed by atoms with Gasteiger partial charge in [-0.1, -0.05) is 0 Å². The molecule has 0 radical (unpaired) electrons. The largest absolute Gasteiger partial charge is 0.351 e. The molecule has 1 fully saturated rings. The third kappa shape index (κ3) is 2.84. The topological polar surface area (TPSA) is 113 Å². The molecule has 4 heterocycles. The molecule has 0 aliphatic heterocycles. The fourth-order valence-corrected chi connectivity index (χ4v) is 4.01. The number of imidazole rings is 1. The number of carbonyl (C=O) groups is 1. The predicted molar refractivity (Wildman–Crippen MR) is 105 cm³/mol. The van der Waals surface area contributed by atoms with Crippen molar-refractivity contribution in [2.45, 2.75) is 38.3 Å². The number of nitrogens with zero attached hydrogens (tertiary/aromatic N) is 5. The molecule has 28 heavy (non-hydrogen) atoms. The van der Waals surface area contributed by atoms with E-state index in [0.29, 0.717) is 11.7 Å². The Morgan fingerprint density at radius 3 is 2.96 bits per heavy atom. The van der Waals surface area contributed by atoms with Gasteiger partial charge in [0.15, 0.2) is 0 Å². The minimum absolute atomic E-state index is 0.000838. The van der Waals surface area contributed by atoms with Crippen LogP contribution in [0.1, 0.15) is 26.7 Å². The molecular formula is C19H20N8O. The minimum atomic E-state index is -0.147. The molecule has 0 unspecified atom stereocenters. The monoisotopic (exact) mass is 376 g/mol. The molecule has 0 atom stereocenters. The summed E-state index contributed by atoms with van der Waals surface area (Å²) in [6.45, 7) is 3.60. The summed E-state index contributed by atoms with van der Waals surface area (Å²) in [6, 6.07) is 0.247. The summed E-state index contributed by atoms with van der Waals surface area (Å²) in [5.41, 5.74) is 2.58. The number of aromatic nitrogens is 6. The van der Waals surface area contributed by atoms with Crippen molar-refractivity contribution in [2.75, 3.05) is 5.32 Å². The smallest absolute Gasteiger partial charge is 0.233 e. The van der Waals surface area contributed by atoms with Gasteiger partial charge >= 0.3 is 0 Å². The Bertz CT molecular complexity index is 1190. The molecule has 1 amide bonds. The summed E-state index contributed by atoms with van der Waals surface area (Å²) < 4.78 is 1.88. The summed E-state index contributed by atoms with van der Waals surface area (Å²) in [5.74, 6) is 1.25. The lowest BCUT2D eigenvalue weighted by molar-refractivity contribution is -0.121. The molecule has 1 aliphatic rings. The van der Waals surface area contributed by atoms with Crippen LogP contribution in [0.15, 0.2) is 37.2 Å². The molecule has 1 aliphatic carbocycles. The van der Waals surface area contributed by atoms with Crippen molar-refractivity contribution >= 4 is 28.7 Å². The highest BCUT2D eigenvalue weighted by molar-refractivity contribution is 5.93. The number of nitrogens with one attached hydrogen (secondary N) is 3. The van der Waals surface area contributed by atoms with Crippen LogP contribution in [0.3, 0.4) is 0 Å². The van der Waals surface area contributed by atoms with E-state index in [4.69, 9.17) is 0 Å². The number of aromatic amines is 1. The van der Waals surface area contributed by atoms with Gasteiger partial charge in [0.2, 0.25) is 17.6 Å². The Hall–Kier alpha value is -3.49. The van der Waals surface area contributed by atoms with E-state index >= 15 is 0 Å². The van der Waals surface area contributed by atoms with Crippen LogP contribution in [0.2, 0.25) is 0 Å². The number of H-pyrrole nitrogens is 1. The number of hydrogen-bond acceptors (Lipinski definition) is 6. The molecule has 4 aromatic heterocycles. The van der Waals surface area contributed by atoms with Crippen molar-refractivity contribution < 1.29 is 4.79 Å². The summed E-state index contributed by atoms with van der Waals surface area (Å²) >= 11 is 0. The summed E-state index contributed by atoms with van der Waals surface area (Å²) in [5, 5.41) is 7.28. The number of rotatable bonds is 4. The maximum atomic E-state index is 11.3. The summed E-state index contributed by atoms with van der Waals surface area (Å²) in [6.07, 6.45) is 12.8. The quantitative estimate of drug-likeness (QED) is 0.503. The van der Waals surface area contributed by atoms with Gasteiger partial charge in [0.1, 0.15) is 5.65 Å². The predicted octanol–water partition coefficient (Wildman–Crippen LogP) is 2.14. The minimum Gasteiger partial charge on any atom is -0.351 e. The normalized spacial score (nSPS) is 21.6. The first kappa shape index (κ1) is 16.7. The molecule has 0 spiro atoms. The number of carbonyl (C=O) groups excluding carboxylic acids is 1. The van der Waals surface area contributed by atoms with E-state index in [1.165, 1.54) is 0 Å². The molecule has 0 saturated heterocycles. The number of amides is 1. The summed E-state index contributed by atoms with van der Waals surface area (Å²) in [4.78, 5) is 32.1. The van der Waals surface area contributed by atoms with Gasteiger partial charge < -0.3 is 15.6 Å². The van der Waals surface area contributed by atoms with Gasteiger partial charge in [-0.15, -0.1) is 0 Å². The number of fused-ring (bicyclic) bond motifs is 2. The Morgan fingerprint density at radius 2 is 2.14 bits per heavy atom. The van der Waals surface area contributed by atoms with Crippen LogP contribution < -0.4 is 10.6 Å². The van der Waals surface area contributed by atoms with E-state index in [2.05, 4.69) is 42.5 Å². The fourth-order valence-electron chi connectivity index (χ4n) is 4.01. The third-order valence-electron chi connectivity index (χ3n) is 5.19. The Balaban J connectivity index is 1.36. The molecule has 3 N–H and O–H groups in total. The Morgan fingerprint density at radius 1 is 1.29 bits per heavy atom. The lowest BCUT2D eigenvalue weighted by Gasteiger charge is -2.45. The van der Waals surface area contributed by atoms with Gasteiger partial charge in [0.25, 0.3) is 0 Å². The highest BCUT2D eigenvalue weighted by Crippen LogP contribution is 2.34. The second kappa shape index (κ2) is 6.01. The van der Waals surface area contributed by atoms with Crippen LogP contribution in [-0.2, 0) is 4.79 Å². The molecule has 1 saturated carbocycles. The van der Waals surface area contributed by atoms with Gasteiger partial charge in [0.05, 0.1) is 0 Å². The van der Waals surface area contributed by atoms with E-state index in [1.807, 2.05) is 29.2 Å². The van der Waals surface area contributed by atoms with Crippen LogP contribution >= 0.6 is 0 Å². The first-order valence-corrected chi connectivity index (χ1v) is 9.18. The third-order valence-corrected chi connectivity index (χ3v) is 5.19. The molecule has 142 valence electrons. The van der Waals surface area contributed by atoms with Gasteiger partial charge in [-0.2, -0.15) is 4.98 Å². The fraction of sp³-hybridized carbons (Fsp3) is 0.316. The zero-order chi connectivity index (χ0) is 19.3. The molecular weight excluding hydrogens is 356 g/mol. The van der Waals surface area contributed by atoms with Crippen LogP contribution in [0, 0.1) is 0 Å². The average molecular weight is 376 g/mol. The van der Waals surface area contributed by atoms with E-state index in [1.54, 1.807) is 19.3 Å². The van der Waals surface area contributed by atoms with Crippen molar-refractivity contribution in [1.29, 1.82) is 0 Å². The maximum Gasteiger partial charge on any atom is 0.233 e. The van der Waals surface area contributed by atoms with Gasteiger partial charge in [-0.25, -0.2) is 15.0 Å². The van der Waals surface area contributed by atoms with Crippen molar-refractivity contribution in [3.8, 4) is 11.1 Å². The van der Waals surface area contributed by atoms with Crippen molar-refractivity contribution in [3.63, 3.8) is 0 Å². The highest BCUT2D eigenvalue weighted by Gasteiger charge is 2.41. The first-order valence-electron chi connectivity index (χ1n) is 9.18. The SMILES string of the molecule is CC(=O)NC1(C)CC(Nc2ncc3c(-c4cnc5nccn5c4)c[nH]c3n2)C1. The van der Waals surface area contributed by atoms with E-state index in [9.17, 15) is 4.79 Å². The van der Waals surface area contributed by atoms with Crippen molar-refractivity contribution in [2.24, 2.45) is 0 Å². The lowest BCUT2D eigenvalue weighted by Crippen LogP contribution is -2.59. The van der Waals surface area contributed by atoms with E-state index in [0.717, 1.165) is 35.0 Å². The second-order valence-corrected chi connectivity index (χ2v) is 7.63. The molecule has 9 heteroatoms. The average Bonchev–Trinajstić information content (AvgIpc) is 3.25. The maximum absolute atomic E-state index is 11.3. The van der Waals surface area contributed by atoms with Gasteiger partial charge in [-0.05, 0) is 19.8 Å². The van der Waals surface area contributed by atoms with Crippen molar-refractivity contribution in [1.82, 2.24) is 34.6 Å². The van der Waals surface area contributed by atoms with Crippen LogP contribution in [0.4, 0.5) is 5.95 Å². The number of anilines is 1. The highest BCUT2D eigenvalue weighted by atomic mass is 16.1. The van der Waals surface area contributed by atoms with Crippen LogP contribution in [0.5, 0.6) is 0 Å². The Kier molecular flexibility index (Phi) is 3.58. The molecule has 0 bridgehead atoms. The number of hydrogen-bond donors (Lipinski definition) is 3. The Labute approximate surface area is 160 Å². The zero-order valence-electron chi connectivity index (χ0n) is 15.6. The van der Waals surface area contributed by atoms with Gasteiger partial charge in [0, 0.05) is 72.2 Å². The molecule has 5 rings (SSSR count). The standard InChI is InChI=1S/C19H20N8O/c1-11(28)26-19(2)5-13(6-19)24-17-22-9-15-14(8-21-16(15)25-17)12-7-23-18-20-3-4-27(18)10-12/h3-4,7-10,13H,5-6H2,1-2H3,(H,26,28)(H2,21,22,24,25). The van der Waals surface area contributed by atoms with E-state index in [-0.39, 0.29) is 17.5 Å². The summed E-state index contributed by atoms with van der Waals surface area (Å²) in [7, 11) is 0. The lowest BCUT2D eigenvalue weighted by atomic mass is 9.74. The molecule has 9 nitrogen and oxygen atoms in total. The van der Waals surface area contributed by atoms with E-state index < -0.39 is 0 Å². The second-order valence-electron chi connectivity index (χ2n) is 7.63. The van der Waals surface area contributed by atoms with Crippen LogP contribution in [0.25, 0.3) is 27.9 Å². The van der Waals surface area contributed by atoms with Crippen molar-refractivity contribution in [3.05, 3.63) is 37.2 Å².